The fraction of sp³-hybridized carbons (Fsp3) is 0.435. The standard InChI is InChI=1S/C23H25F2N5O3S2/c1-14(2)9-27-21(32)15-3-5-17(6-4-15)34-12-19-29-18(11-35-19)22(33)28-10-20(31)30-13-23(24,25)7-16(30)8-26/h3-6,11,14,16H,7,9-10,12-13H2,1-2H3,(H,27,32)(H,28,33)/t16-/m0/s1. The van der Waals surface area contributed by atoms with Crippen LogP contribution in [0.3, 0.4) is 0 Å². The number of nitriles is 1. The number of alkyl halides is 2. The van der Waals surface area contributed by atoms with E-state index in [0.29, 0.717) is 28.8 Å². The van der Waals surface area contributed by atoms with Crippen molar-refractivity contribution in [1.29, 1.82) is 5.26 Å². The molecule has 1 saturated heterocycles. The Morgan fingerprint density at radius 2 is 1.97 bits per heavy atom. The third-order valence-corrected chi connectivity index (χ3v) is 7.13. The number of hydrogen-bond donors (Lipinski definition) is 2. The minimum absolute atomic E-state index is 0.120. The average Bonchev–Trinajstić information content (AvgIpc) is 3.43. The first kappa shape index (κ1) is 26.6. The number of aromatic nitrogens is 1. The van der Waals surface area contributed by atoms with Crippen LogP contribution >= 0.6 is 23.1 Å². The summed E-state index contributed by atoms with van der Waals surface area (Å²) in [6, 6.07) is 7.69. The number of thiazole rings is 1. The van der Waals surface area contributed by atoms with Gasteiger partial charge in [0.2, 0.25) is 5.91 Å². The van der Waals surface area contributed by atoms with Crippen LogP contribution in [0.25, 0.3) is 0 Å². The number of nitrogens with one attached hydrogen (secondary N) is 2. The highest BCUT2D eigenvalue weighted by Gasteiger charge is 2.47. The molecule has 1 fully saturated rings. The summed E-state index contributed by atoms with van der Waals surface area (Å²) in [5.74, 6) is -3.69. The van der Waals surface area contributed by atoms with E-state index >= 15 is 0 Å². The predicted molar refractivity (Wildman–Crippen MR) is 128 cm³/mol. The number of likely N-dealkylation sites (tertiary alicyclic amines) is 1. The van der Waals surface area contributed by atoms with Crippen molar-refractivity contribution in [2.75, 3.05) is 19.6 Å². The Bertz CT molecular complexity index is 1120. The van der Waals surface area contributed by atoms with Crippen LogP contribution in [0.4, 0.5) is 8.78 Å². The number of hydrogen-bond acceptors (Lipinski definition) is 7. The molecule has 0 unspecified atom stereocenters. The number of nitrogens with zero attached hydrogens (tertiary/aromatic N) is 3. The summed E-state index contributed by atoms with van der Waals surface area (Å²) in [5, 5.41) is 16.5. The Morgan fingerprint density at radius 1 is 1.26 bits per heavy atom. The van der Waals surface area contributed by atoms with Gasteiger partial charge in [-0.1, -0.05) is 13.8 Å². The predicted octanol–water partition coefficient (Wildman–Crippen LogP) is 3.31. The lowest BCUT2D eigenvalue weighted by Crippen LogP contribution is -2.43. The van der Waals surface area contributed by atoms with Crippen molar-refractivity contribution in [1.82, 2.24) is 20.5 Å². The molecule has 1 aromatic carbocycles. The van der Waals surface area contributed by atoms with Crippen LogP contribution in [0.15, 0.2) is 34.5 Å². The van der Waals surface area contributed by atoms with E-state index in [4.69, 9.17) is 5.26 Å². The molecule has 2 aromatic rings. The number of carbonyl (C=O) groups is 3. The molecule has 0 bridgehead atoms. The molecular formula is C23H25F2N5O3S2. The lowest BCUT2D eigenvalue weighted by atomic mass is 10.2. The van der Waals surface area contributed by atoms with E-state index in [0.717, 1.165) is 9.80 Å². The summed E-state index contributed by atoms with van der Waals surface area (Å²) in [4.78, 5) is 42.6. The fourth-order valence-electron chi connectivity index (χ4n) is 3.27. The lowest BCUT2D eigenvalue weighted by Gasteiger charge is -2.19. The Morgan fingerprint density at radius 3 is 2.63 bits per heavy atom. The van der Waals surface area contributed by atoms with Crippen LogP contribution in [0, 0.1) is 17.2 Å². The molecule has 35 heavy (non-hydrogen) atoms. The first-order chi connectivity index (χ1) is 16.6. The molecule has 1 aliphatic rings. The molecule has 0 spiro atoms. The van der Waals surface area contributed by atoms with Gasteiger partial charge in [-0.25, -0.2) is 13.8 Å². The zero-order chi connectivity index (χ0) is 25.6. The minimum Gasteiger partial charge on any atom is -0.352 e. The molecule has 1 aliphatic heterocycles. The zero-order valence-electron chi connectivity index (χ0n) is 19.2. The molecule has 8 nitrogen and oxygen atoms in total. The number of halogens is 2. The molecule has 3 amide bonds. The van der Waals surface area contributed by atoms with Gasteiger partial charge in [0, 0.05) is 28.8 Å². The summed E-state index contributed by atoms with van der Waals surface area (Å²) in [5.41, 5.74) is 0.704. The smallest absolute Gasteiger partial charge is 0.271 e. The van der Waals surface area contributed by atoms with Gasteiger partial charge < -0.3 is 15.5 Å². The second-order valence-electron chi connectivity index (χ2n) is 8.45. The van der Waals surface area contributed by atoms with Crippen LogP contribution < -0.4 is 10.6 Å². The molecule has 1 atom stereocenters. The Hall–Kier alpha value is -3.04. The zero-order valence-corrected chi connectivity index (χ0v) is 20.8. The summed E-state index contributed by atoms with van der Waals surface area (Å²) in [6.07, 6.45) is -0.704. The molecule has 1 aromatic heterocycles. The van der Waals surface area contributed by atoms with E-state index in [9.17, 15) is 23.2 Å². The van der Waals surface area contributed by atoms with Crippen LogP contribution in [0.5, 0.6) is 0 Å². The molecule has 2 N–H and O–H groups in total. The SMILES string of the molecule is CC(C)CNC(=O)c1ccc(SCc2nc(C(=O)NCC(=O)N3CC(F)(F)C[C@H]3C#N)cs2)cc1. The van der Waals surface area contributed by atoms with E-state index in [1.165, 1.54) is 23.1 Å². The second-order valence-corrected chi connectivity index (χ2v) is 10.4. The van der Waals surface area contributed by atoms with Gasteiger partial charge in [-0.15, -0.1) is 23.1 Å². The number of rotatable bonds is 9. The monoisotopic (exact) mass is 521 g/mol. The third kappa shape index (κ3) is 7.47. The second kappa shape index (κ2) is 11.6. The summed E-state index contributed by atoms with van der Waals surface area (Å²) in [7, 11) is 0. The van der Waals surface area contributed by atoms with Crippen molar-refractivity contribution in [2.45, 2.75) is 42.9 Å². The van der Waals surface area contributed by atoms with Crippen molar-refractivity contribution in [3.05, 3.63) is 45.9 Å². The van der Waals surface area contributed by atoms with E-state index in [1.54, 1.807) is 23.6 Å². The number of thioether (sulfide) groups is 1. The fourth-order valence-corrected chi connectivity index (χ4v) is 4.96. The van der Waals surface area contributed by atoms with Crippen molar-refractivity contribution in [3.63, 3.8) is 0 Å². The molecule has 3 rings (SSSR count). The van der Waals surface area contributed by atoms with E-state index in [1.807, 2.05) is 26.0 Å². The van der Waals surface area contributed by atoms with Gasteiger partial charge in [0.15, 0.2) is 0 Å². The van der Waals surface area contributed by atoms with Gasteiger partial charge >= 0.3 is 0 Å². The molecular weight excluding hydrogens is 496 g/mol. The number of amides is 3. The topological polar surface area (TPSA) is 115 Å². The number of carbonyl (C=O) groups excluding carboxylic acids is 3. The highest BCUT2D eigenvalue weighted by Crippen LogP contribution is 2.31. The van der Waals surface area contributed by atoms with Crippen LogP contribution in [-0.2, 0) is 10.5 Å². The maximum absolute atomic E-state index is 13.5. The van der Waals surface area contributed by atoms with Crippen molar-refractivity contribution >= 4 is 40.8 Å². The largest absolute Gasteiger partial charge is 0.352 e. The van der Waals surface area contributed by atoms with Gasteiger partial charge in [-0.2, -0.15) is 5.26 Å². The summed E-state index contributed by atoms with van der Waals surface area (Å²) >= 11 is 2.78. The summed E-state index contributed by atoms with van der Waals surface area (Å²) < 4.78 is 27.0. The van der Waals surface area contributed by atoms with Crippen molar-refractivity contribution in [3.8, 4) is 6.07 Å². The van der Waals surface area contributed by atoms with Gasteiger partial charge in [-0.3, -0.25) is 14.4 Å². The molecule has 2 heterocycles. The minimum atomic E-state index is -3.11. The maximum atomic E-state index is 13.5. The van der Waals surface area contributed by atoms with E-state index in [-0.39, 0.29) is 11.6 Å². The quantitative estimate of drug-likeness (QED) is 0.490. The molecule has 0 radical (unpaired) electrons. The molecule has 12 heteroatoms. The average molecular weight is 522 g/mol. The van der Waals surface area contributed by atoms with Crippen LogP contribution in [0.1, 0.15) is 46.1 Å². The first-order valence-corrected chi connectivity index (χ1v) is 12.7. The number of benzene rings is 1. The van der Waals surface area contributed by atoms with Gasteiger partial charge in [-0.05, 0) is 30.2 Å². The first-order valence-electron chi connectivity index (χ1n) is 10.9. The van der Waals surface area contributed by atoms with Gasteiger partial charge in [0.25, 0.3) is 17.7 Å². The van der Waals surface area contributed by atoms with Crippen LogP contribution in [0.2, 0.25) is 0 Å². The molecule has 0 saturated carbocycles. The van der Waals surface area contributed by atoms with E-state index < -0.39 is 43.3 Å². The highest BCUT2D eigenvalue weighted by molar-refractivity contribution is 7.98. The van der Waals surface area contributed by atoms with E-state index in [2.05, 4.69) is 15.6 Å². The molecule has 186 valence electrons. The Balaban J connectivity index is 1.47. The normalized spacial score (nSPS) is 16.7. The van der Waals surface area contributed by atoms with Crippen LogP contribution in [-0.4, -0.2) is 59.2 Å². The Labute approximate surface area is 210 Å². The van der Waals surface area contributed by atoms with Crippen molar-refractivity contribution in [2.24, 2.45) is 5.92 Å². The third-order valence-electron chi connectivity index (χ3n) is 5.07. The maximum Gasteiger partial charge on any atom is 0.271 e. The lowest BCUT2D eigenvalue weighted by molar-refractivity contribution is -0.131. The Kier molecular flexibility index (Phi) is 8.80. The molecule has 0 aliphatic carbocycles. The van der Waals surface area contributed by atoms with Gasteiger partial charge in [0.05, 0.1) is 24.9 Å². The summed E-state index contributed by atoms with van der Waals surface area (Å²) in [6.45, 7) is 3.33. The van der Waals surface area contributed by atoms with Crippen molar-refractivity contribution < 1.29 is 23.2 Å². The highest BCUT2D eigenvalue weighted by atomic mass is 32.2. The van der Waals surface area contributed by atoms with Gasteiger partial charge in [0.1, 0.15) is 16.7 Å².